The zero-order valence-corrected chi connectivity index (χ0v) is 17.3. The molecule has 0 unspecified atom stereocenters. The van der Waals surface area contributed by atoms with Crippen molar-refractivity contribution in [2.75, 3.05) is 10.6 Å². The molecule has 7 heteroatoms. The van der Waals surface area contributed by atoms with Crippen molar-refractivity contribution in [3.05, 3.63) is 77.1 Å². The average Bonchev–Trinajstić information content (AvgIpc) is 2.69. The Balaban J connectivity index is 1.72. The van der Waals surface area contributed by atoms with Crippen LogP contribution in [0.4, 0.5) is 11.5 Å². The summed E-state index contributed by atoms with van der Waals surface area (Å²) < 4.78 is 0. The van der Waals surface area contributed by atoms with Crippen molar-refractivity contribution < 1.29 is 9.59 Å². The van der Waals surface area contributed by atoms with Crippen LogP contribution in [0.15, 0.2) is 59.9 Å². The SMILES string of the molecule is CC(=O)Nc1cc(CSc2ncccc2C(=O)Nc2ccc(C)c(C)c2)ccn1. The fourth-order valence-corrected chi connectivity index (χ4v) is 3.60. The van der Waals surface area contributed by atoms with Crippen molar-refractivity contribution in [1.82, 2.24) is 9.97 Å². The predicted octanol–water partition coefficient (Wildman–Crippen LogP) is 4.60. The lowest BCUT2D eigenvalue weighted by Gasteiger charge is -2.11. The first-order valence-electron chi connectivity index (χ1n) is 9.11. The van der Waals surface area contributed by atoms with Crippen LogP contribution in [0.1, 0.15) is 34.0 Å². The van der Waals surface area contributed by atoms with Crippen molar-refractivity contribution in [2.24, 2.45) is 0 Å². The zero-order chi connectivity index (χ0) is 20.8. The summed E-state index contributed by atoms with van der Waals surface area (Å²) in [6, 6.07) is 13.0. The summed E-state index contributed by atoms with van der Waals surface area (Å²) in [6.07, 6.45) is 3.32. The van der Waals surface area contributed by atoms with E-state index in [4.69, 9.17) is 0 Å². The van der Waals surface area contributed by atoms with Gasteiger partial charge in [-0.25, -0.2) is 9.97 Å². The van der Waals surface area contributed by atoms with E-state index in [1.165, 1.54) is 24.2 Å². The minimum atomic E-state index is -0.197. The molecule has 0 aliphatic rings. The second-order valence-corrected chi connectivity index (χ2v) is 7.59. The molecule has 0 aliphatic heterocycles. The van der Waals surface area contributed by atoms with Crippen molar-refractivity contribution in [2.45, 2.75) is 31.6 Å². The van der Waals surface area contributed by atoms with Crippen LogP contribution < -0.4 is 10.6 Å². The molecule has 0 atom stereocenters. The molecule has 2 amide bonds. The Hall–Kier alpha value is -3.19. The number of carbonyl (C=O) groups is 2. The van der Waals surface area contributed by atoms with Gasteiger partial charge in [0.1, 0.15) is 10.8 Å². The molecule has 2 heterocycles. The van der Waals surface area contributed by atoms with E-state index in [2.05, 4.69) is 20.6 Å². The zero-order valence-electron chi connectivity index (χ0n) is 16.5. The summed E-state index contributed by atoms with van der Waals surface area (Å²) in [7, 11) is 0. The minimum absolute atomic E-state index is 0.169. The second kappa shape index (κ2) is 9.34. The van der Waals surface area contributed by atoms with Crippen LogP contribution in [0.5, 0.6) is 0 Å². The maximum Gasteiger partial charge on any atom is 0.258 e. The van der Waals surface area contributed by atoms with E-state index in [9.17, 15) is 9.59 Å². The molecule has 148 valence electrons. The van der Waals surface area contributed by atoms with Gasteiger partial charge in [0, 0.05) is 30.8 Å². The Morgan fingerprint density at radius 2 is 1.79 bits per heavy atom. The Morgan fingerprint density at radius 1 is 0.966 bits per heavy atom. The van der Waals surface area contributed by atoms with Gasteiger partial charge >= 0.3 is 0 Å². The number of benzene rings is 1. The normalized spacial score (nSPS) is 10.4. The summed E-state index contributed by atoms with van der Waals surface area (Å²) in [6.45, 7) is 5.49. The molecular formula is C22H22N4O2S. The van der Waals surface area contributed by atoms with Gasteiger partial charge in [0.25, 0.3) is 5.91 Å². The molecule has 6 nitrogen and oxygen atoms in total. The van der Waals surface area contributed by atoms with Crippen molar-refractivity contribution in [3.8, 4) is 0 Å². The third-order valence-corrected chi connectivity index (χ3v) is 5.36. The number of nitrogens with zero attached hydrogens (tertiary/aromatic N) is 2. The quantitative estimate of drug-likeness (QED) is 0.585. The topological polar surface area (TPSA) is 84.0 Å². The molecule has 1 aromatic carbocycles. The van der Waals surface area contributed by atoms with Gasteiger partial charge in [-0.2, -0.15) is 0 Å². The first-order chi connectivity index (χ1) is 13.9. The number of aryl methyl sites for hydroxylation is 2. The van der Waals surface area contributed by atoms with E-state index in [-0.39, 0.29) is 11.8 Å². The van der Waals surface area contributed by atoms with Crippen LogP contribution in [0, 0.1) is 13.8 Å². The first kappa shape index (κ1) is 20.5. The molecular weight excluding hydrogens is 384 g/mol. The lowest BCUT2D eigenvalue weighted by molar-refractivity contribution is -0.114. The molecule has 29 heavy (non-hydrogen) atoms. The molecule has 0 saturated carbocycles. The van der Waals surface area contributed by atoms with Crippen molar-refractivity contribution in [3.63, 3.8) is 0 Å². The molecule has 0 spiro atoms. The monoisotopic (exact) mass is 406 g/mol. The maximum atomic E-state index is 12.8. The van der Waals surface area contributed by atoms with Crippen molar-refractivity contribution in [1.29, 1.82) is 0 Å². The fourth-order valence-electron chi connectivity index (χ4n) is 2.66. The van der Waals surface area contributed by atoms with Crippen LogP contribution in [-0.2, 0) is 10.5 Å². The summed E-state index contributed by atoms with van der Waals surface area (Å²) >= 11 is 1.46. The van der Waals surface area contributed by atoms with Gasteiger partial charge in [-0.1, -0.05) is 6.07 Å². The number of hydrogen-bond acceptors (Lipinski definition) is 5. The van der Waals surface area contributed by atoms with Gasteiger partial charge in [0.2, 0.25) is 5.91 Å². The summed E-state index contributed by atoms with van der Waals surface area (Å²) in [5, 5.41) is 6.26. The molecule has 3 rings (SSSR count). The fraction of sp³-hybridized carbons (Fsp3) is 0.182. The number of pyridine rings is 2. The number of rotatable bonds is 6. The van der Waals surface area contributed by atoms with Crippen molar-refractivity contribution >= 4 is 35.1 Å². The number of aromatic nitrogens is 2. The van der Waals surface area contributed by atoms with E-state index < -0.39 is 0 Å². The van der Waals surface area contributed by atoms with E-state index in [0.29, 0.717) is 22.2 Å². The highest BCUT2D eigenvalue weighted by atomic mass is 32.2. The second-order valence-electron chi connectivity index (χ2n) is 6.63. The van der Waals surface area contributed by atoms with Crippen LogP contribution in [0.25, 0.3) is 0 Å². The van der Waals surface area contributed by atoms with Crippen LogP contribution in [-0.4, -0.2) is 21.8 Å². The Labute approximate surface area is 174 Å². The summed E-state index contributed by atoms with van der Waals surface area (Å²) in [4.78, 5) is 32.5. The largest absolute Gasteiger partial charge is 0.322 e. The Kier molecular flexibility index (Phi) is 6.61. The molecule has 0 bridgehead atoms. The van der Waals surface area contributed by atoms with Crippen LogP contribution in [0.2, 0.25) is 0 Å². The summed E-state index contributed by atoms with van der Waals surface area (Å²) in [5.41, 5.74) is 4.55. The minimum Gasteiger partial charge on any atom is -0.322 e. The number of nitrogens with one attached hydrogen (secondary N) is 2. The number of hydrogen-bond donors (Lipinski definition) is 2. The Bertz CT molecular complexity index is 1050. The standard InChI is InChI=1S/C22H22N4O2S/c1-14-6-7-18(11-15(14)2)26-21(28)19-5-4-9-24-22(19)29-13-17-8-10-23-20(12-17)25-16(3)27/h4-12H,13H2,1-3H3,(H,26,28)(H,23,25,27). The molecule has 0 radical (unpaired) electrons. The highest BCUT2D eigenvalue weighted by molar-refractivity contribution is 7.98. The summed E-state index contributed by atoms with van der Waals surface area (Å²) in [5.74, 6) is 0.731. The molecule has 2 N–H and O–H groups in total. The van der Waals surface area contributed by atoms with Gasteiger partial charge < -0.3 is 10.6 Å². The van der Waals surface area contributed by atoms with Gasteiger partial charge in [-0.05, 0) is 66.9 Å². The third kappa shape index (κ3) is 5.65. The van der Waals surface area contributed by atoms with Gasteiger partial charge in [-0.15, -0.1) is 11.8 Å². The highest BCUT2D eigenvalue weighted by Crippen LogP contribution is 2.26. The molecule has 0 saturated heterocycles. The molecule has 3 aromatic rings. The number of carbonyl (C=O) groups excluding carboxylic acids is 2. The lowest BCUT2D eigenvalue weighted by atomic mass is 10.1. The smallest absolute Gasteiger partial charge is 0.258 e. The van der Waals surface area contributed by atoms with Gasteiger partial charge in [0.05, 0.1) is 5.56 Å². The average molecular weight is 407 g/mol. The third-order valence-electron chi connectivity index (χ3n) is 4.28. The van der Waals surface area contributed by atoms with E-state index >= 15 is 0 Å². The first-order valence-corrected chi connectivity index (χ1v) is 10.1. The lowest BCUT2D eigenvalue weighted by Crippen LogP contribution is -2.13. The van der Waals surface area contributed by atoms with Gasteiger partial charge in [-0.3, -0.25) is 9.59 Å². The van der Waals surface area contributed by atoms with Crippen LogP contribution >= 0.6 is 11.8 Å². The molecule has 0 aliphatic carbocycles. The number of anilines is 2. The molecule has 0 fully saturated rings. The van der Waals surface area contributed by atoms with E-state index in [1.807, 2.05) is 44.2 Å². The van der Waals surface area contributed by atoms with E-state index in [0.717, 1.165) is 16.8 Å². The van der Waals surface area contributed by atoms with E-state index in [1.54, 1.807) is 24.5 Å². The predicted molar refractivity (Wildman–Crippen MR) is 116 cm³/mol. The Morgan fingerprint density at radius 3 is 2.55 bits per heavy atom. The van der Waals surface area contributed by atoms with Crippen LogP contribution in [0.3, 0.4) is 0 Å². The van der Waals surface area contributed by atoms with Gasteiger partial charge in [0.15, 0.2) is 0 Å². The molecule has 2 aromatic heterocycles. The highest BCUT2D eigenvalue weighted by Gasteiger charge is 2.14. The maximum absolute atomic E-state index is 12.8. The number of thioether (sulfide) groups is 1. The number of amides is 2.